The molecule has 0 radical (unpaired) electrons. The molecule has 1 unspecified atom stereocenters. The lowest BCUT2D eigenvalue weighted by Gasteiger charge is -2.27. The van der Waals surface area contributed by atoms with Gasteiger partial charge >= 0.3 is 12.1 Å². The number of carbonyl (C=O) groups is 1. The third-order valence-electron chi connectivity index (χ3n) is 3.43. The van der Waals surface area contributed by atoms with E-state index in [1.165, 1.54) is 25.2 Å². The molecule has 0 aromatic carbocycles. The number of carbonyl (C=O) groups excluding carboxylic acids is 1. The average Bonchev–Trinajstić information content (AvgIpc) is 2.88. The van der Waals surface area contributed by atoms with Crippen molar-refractivity contribution in [2.75, 3.05) is 27.3 Å². The van der Waals surface area contributed by atoms with Gasteiger partial charge in [0.05, 0.1) is 25.0 Å². The Hall–Kier alpha value is -2.16. The minimum atomic E-state index is -4.54. The summed E-state index contributed by atoms with van der Waals surface area (Å²) >= 11 is 0. The fourth-order valence-electron chi connectivity index (χ4n) is 2.41. The third kappa shape index (κ3) is 3.61. The number of nitrogens with one attached hydrogen (secondary N) is 2. The van der Waals surface area contributed by atoms with Crippen LogP contribution in [-0.4, -0.2) is 50.5 Å². The third-order valence-corrected chi connectivity index (χ3v) is 3.43. The van der Waals surface area contributed by atoms with Gasteiger partial charge in [0.1, 0.15) is 6.04 Å². The van der Waals surface area contributed by atoms with Crippen molar-refractivity contribution in [1.82, 2.24) is 15.8 Å². The molecule has 2 aliphatic rings. The first-order valence-electron chi connectivity index (χ1n) is 6.96. The molecule has 0 aliphatic carbocycles. The van der Waals surface area contributed by atoms with E-state index in [4.69, 9.17) is 4.74 Å². The van der Waals surface area contributed by atoms with Crippen molar-refractivity contribution in [3.05, 3.63) is 34.9 Å². The summed E-state index contributed by atoms with van der Waals surface area (Å²) in [6.07, 6.45) is -2.19. The number of hydrazine groups is 1. The summed E-state index contributed by atoms with van der Waals surface area (Å²) < 4.78 is 49.8. The SMILES string of the molecule is CCOC1=CC(C(F)(F)F)=C(C2=CC(C(=O)OC)NN2C)CN1. The summed E-state index contributed by atoms with van der Waals surface area (Å²) in [4.78, 5) is 11.6. The summed E-state index contributed by atoms with van der Waals surface area (Å²) in [6, 6.07) is -0.820. The smallest absolute Gasteiger partial charge is 0.417 e. The fraction of sp³-hybridized carbons (Fsp3) is 0.500. The number of alkyl halides is 3. The summed E-state index contributed by atoms with van der Waals surface area (Å²) in [5.41, 5.74) is 2.24. The van der Waals surface area contributed by atoms with Gasteiger partial charge in [-0.15, -0.1) is 0 Å². The van der Waals surface area contributed by atoms with Gasteiger partial charge < -0.3 is 19.8 Å². The number of esters is 1. The predicted molar refractivity (Wildman–Crippen MR) is 75.6 cm³/mol. The van der Waals surface area contributed by atoms with Gasteiger partial charge in [-0.3, -0.25) is 0 Å². The molecule has 0 bridgehead atoms. The van der Waals surface area contributed by atoms with Crippen LogP contribution in [-0.2, 0) is 14.3 Å². The number of hydrogen-bond donors (Lipinski definition) is 2. The Morgan fingerprint density at radius 1 is 1.48 bits per heavy atom. The molecule has 0 fully saturated rings. The van der Waals surface area contributed by atoms with Crippen molar-refractivity contribution in [3.63, 3.8) is 0 Å². The molecule has 9 heteroatoms. The second-order valence-corrected chi connectivity index (χ2v) is 4.93. The first-order chi connectivity index (χ1) is 10.8. The van der Waals surface area contributed by atoms with Crippen LogP contribution < -0.4 is 10.7 Å². The minimum absolute atomic E-state index is 0.0300. The highest BCUT2D eigenvalue weighted by Crippen LogP contribution is 2.35. The van der Waals surface area contributed by atoms with Gasteiger partial charge in [-0.1, -0.05) is 0 Å². The van der Waals surface area contributed by atoms with Gasteiger partial charge in [0.15, 0.2) is 5.88 Å². The van der Waals surface area contributed by atoms with Crippen LogP contribution in [0, 0.1) is 0 Å². The number of ether oxygens (including phenoxy) is 2. The molecule has 2 aliphatic heterocycles. The normalized spacial score (nSPS) is 21.7. The number of hydrogen-bond acceptors (Lipinski definition) is 6. The maximum absolute atomic E-state index is 13.4. The van der Waals surface area contributed by atoms with Gasteiger partial charge in [0, 0.05) is 25.2 Å². The zero-order valence-electron chi connectivity index (χ0n) is 13.0. The van der Waals surface area contributed by atoms with E-state index in [9.17, 15) is 18.0 Å². The van der Waals surface area contributed by atoms with Crippen LogP contribution in [0.5, 0.6) is 0 Å². The Kier molecular flexibility index (Phi) is 4.88. The number of nitrogens with zero attached hydrogens (tertiary/aromatic N) is 1. The van der Waals surface area contributed by atoms with Gasteiger partial charge in [0.2, 0.25) is 0 Å². The second-order valence-electron chi connectivity index (χ2n) is 4.93. The van der Waals surface area contributed by atoms with Crippen molar-refractivity contribution >= 4 is 5.97 Å². The number of rotatable bonds is 4. The summed E-state index contributed by atoms with van der Waals surface area (Å²) in [5, 5.41) is 4.18. The molecule has 6 nitrogen and oxygen atoms in total. The van der Waals surface area contributed by atoms with Gasteiger partial charge in [-0.25, -0.2) is 10.2 Å². The summed E-state index contributed by atoms with van der Waals surface area (Å²) in [5.74, 6) is -0.502. The van der Waals surface area contributed by atoms with Gasteiger partial charge in [0.25, 0.3) is 0 Å². The summed E-state index contributed by atoms with van der Waals surface area (Å²) in [6.45, 7) is 1.88. The van der Waals surface area contributed by atoms with Crippen LogP contribution in [0.4, 0.5) is 13.2 Å². The molecule has 0 aromatic rings. The van der Waals surface area contributed by atoms with E-state index >= 15 is 0 Å². The Morgan fingerprint density at radius 2 is 2.17 bits per heavy atom. The molecule has 1 atom stereocenters. The molecular formula is C14H18F3N3O3. The molecule has 128 valence electrons. The highest BCUT2D eigenvalue weighted by atomic mass is 19.4. The molecule has 2 heterocycles. The zero-order valence-corrected chi connectivity index (χ0v) is 13.0. The molecule has 0 amide bonds. The van der Waals surface area contributed by atoms with E-state index in [1.54, 1.807) is 6.92 Å². The minimum Gasteiger partial charge on any atom is -0.479 e. The number of methoxy groups -OCH3 is 1. The quantitative estimate of drug-likeness (QED) is 0.754. The molecule has 2 rings (SSSR count). The van der Waals surface area contributed by atoms with E-state index in [0.717, 1.165) is 6.08 Å². The van der Waals surface area contributed by atoms with Crippen molar-refractivity contribution in [2.24, 2.45) is 0 Å². The van der Waals surface area contributed by atoms with Gasteiger partial charge in [-0.2, -0.15) is 13.2 Å². The standard InChI is InChI=1S/C14H18F3N3O3/c1-4-23-12-5-9(14(15,16)17)8(7-18-12)11-6-10(13(21)22-3)19-20(11)2/h5-6,10,18-19H,4,7H2,1-3H3. The molecule has 0 saturated heterocycles. The molecule has 0 saturated carbocycles. The summed E-state index contributed by atoms with van der Waals surface area (Å²) in [7, 11) is 2.76. The monoisotopic (exact) mass is 333 g/mol. The topological polar surface area (TPSA) is 62.8 Å². The molecule has 0 spiro atoms. The second kappa shape index (κ2) is 6.53. The van der Waals surface area contributed by atoms with Crippen LogP contribution in [0.25, 0.3) is 0 Å². The predicted octanol–water partition coefficient (Wildman–Crippen LogP) is 1.20. The number of likely N-dealkylation sites (N-methyl/N-ethyl adjacent to an activating group) is 1. The van der Waals surface area contributed by atoms with Crippen molar-refractivity contribution in [1.29, 1.82) is 0 Å². The largest absolute Gasteiger partial charge is 0.479 e. The molecule has 23 heavy (non-hydrogen) atoms. The fourth-order valence-corrected chi connectivity index (χ4v) is 2.41. The zero-order chi connectivity index (χ0) is 17.2. The average molecular weight is 333 g/mol. The van der Waals surface area contributed by atoms with Gasteiger partial charge in [-0.05, 0) is 13.0 Å². The number of halogens is 3. The van der Waals surface area contributed by atoms with Crippen LogP contribution >= 0.6 is 0 Å². The van der Waals surface area contributed by atoms with E-state index in [1.807, 2.05) is 0 Å². The number of dihydropyridines is 1. The lowest BCUT2D eigenvalue weighted by molar-refractivity contribution is -0.142. The van der Waals surface area contributed by atoms with Crippen LogP contribution in [0.3, 0.4) is 0 Å². The first kappa shape index (κ1) is 17.2. The van der Waals surface area contributed by atoms with Crippen LogP contribution in [0.1, 0.15) is 6.92 Å². The Bertz CT molecular complexity index is 582. The lowest BCUT2D eigenvalue weighted by atomic mass is 10.0. The highest BCUT2D eigenvalue weighted by Gasteiger charge is 2.40. The highest BCUT2D eigenvalue weighted by molar-refractivity contribution is 5.79. The maximum atomic E-state index is 13.4. The molecule has 0 aromatic heterocycles. The number of allylic oxidation sites excluding steroid dienone is 2. The first-order valence-corrected chi connectivity index (χ1v) is 6.96. The van der Waals surface area contributed by atoms with E-state index in [-0.39, 0.29) is 30.3 Å². The van der Waals surface area contributed by atoms with Crippen LogP contribution in [0.2, 0.25) is 0 Å². The van der Waals surface area contributed by atoms with E-state index in [0.29, 0.717) is 0 Å². The van der Waals surface area contributed by atoms with Crippen LogP contribution in [0.15, 0.2) is 34.9 Å². The lowest BCUT2D eigenvalue weighted by Crippen LogP contribution is -2.40. The molecular weight excluding hydrogens is 315 g/mol. The Balaban J connectivity index is 2.43. The van der Waals surface area contributed by atoms with E-state index < -0.39 is 23.8 Å². The van der Waals surface area contributed by atoms with E-state index in [2.05, 4.69) is 15.5 Å². The maximum Gasteiger partial charge on any atom is 0.417 e. The molecule has 2 N–H and O–H groups in total. The van der Waals surface area contributed by atoms with Crippen molar-refractivity contribution in [3.8, 4) is 0 Å². The van der Waals surface area contributed by atoms with Crippen molar-refractivity contribution in [2.45, 2.75) is 19.1 Å². The van der Waals surface area contributed by atoms with Crippen molar-refractivity contribution < 1.29 is 27.4 Å². The Labute approximate surface area is 131 Å². The Morgan fingerprint density at radius 3 is 2.74 bits per heavy atom.